The molecule has 0 saturated heterocycles. The van der Waals surface area contributed by atoms with Crippen LogP contribution in [0, 0.1) is 11.3 Å². The quantitative estimate of drug-likeness (QED) is 0.841. The molecular formula is C17H24ClN. The van der Waals surface area contributed by atoms with Crippen molar-refractivity contribution in [3.05, 3.63) is 34.9 Å². The van der Waals surface area contributed by atoms with Crippen LogP contribution in [0.3, 0.4) is 0 Å². The molecule has 2 saturated carbocycles. The fraction of sp³-hybridized carbons (Fsp3) is 0.647. The van der Waals surface area contributed by atoms with Crippen LogP contribution in [0.1, 0.15) is 45.1 Å². The second kappa shape index (κ2) is 4.79. The highest BCUT2D eigenvalue weighted by atomic mass is 35.5. The molecule has 2 aliphatic rings. The summed E-state index contributed by atoms with van der Waals surface area (Å²) in [7, 11) is 0. The average Bonchev–Trinajstić information content (AvgIpc) is 3.08. The third kappa shape index (κ3) is 2.68. The molecule has 0 heterocycles. The Morgan fingerprint density at radius 2 is 1.79 bits per heavy atom. The maximum atomic E-state index is 6.02. The fourth-order valence-electron chi connectivity index (χ4n) is 3.75. The normalized spacial score (nSPS) is 22.5. The summed E-state index contributed by atoms with van der Waals surface area (Å²) >= 11 is 6.02. The van der Waals surface area contributed by atoms with Gasteiger partial charge in [0.25, 0.3) is 0 Å². The molecular weight excluding hydrogens is 254 g/mol. The molecule has 2 aliphatic carbocycles. The van der Waals surface area contributed by atoms with Crippen LogP contribution in [-0.4, -0.2) is 13.1 Å². The van der Waals surface area contributed by atoms with Crippen molar-refractivity contribution in [1.29, 1.82) is 0 Å². The van der Waals surface area contributed by atoms with Gasteiger partial charge in [-0.15, -0.1) is 0 Å². The summed E-state index contributed by atoms with van der Waals surface area (Å²) in [6.45, 7) is 6.77. The van der Waals surface area contributed by atoms with Crippen molar-refractivity contribution in [2.75, 3.05) is 13.1 Å². The molecule has 2 heteroatoms. The highest BCUT2D eigenvalue weighted by molar-refractivity contribution is 6.30. The molecule has 19 heavy (non-hydrogen) atoms. The molecule has 3 rings (SSSR count). The van der Waals surface area contributed by atoms with Crippen molar-refractivity contribution in [3.63, 3.8) is 0 Å². The van der Waals surface area contributed by atoms with Crippen molar-refractivity contribution in [1.82, 2.24) is 5.32 Å². The minimum absolute atomic E-state index is 0.371. The van der Waals surface area contributed by atoms with Gasteiger partial charge in [-0.2, -0.15) is 0 Å². The molecule has 0 aliphatic heterocycles. The average molecular weight is 278 g/mol. The molecule has 1 spiro atoms. The summed E-state index contributed by atoms with van der Waals surface area (Å²) in [6.07, 6.45) is 5.64. The lowest BCUT2D eigenvalue weighted by atomic mass is 9.56. The highest BCUT2D eigenvalue weighted by Gasteiger charge is 2.60. The van der Waals surface area contributed by atoms with Crippen LogP contribution in [-0.2, 0) is 5.41 Å². The molecule has 104 valence electrons. The summed E-state index contributed by atoms with van der Waals surface area (Å²) in [6, 6.07) is 8.54. The maximum Gasteiger partial charge on any atom is 0.0406 e. The monoisotopic (exact) mass is 277 g/mol. The van der Waals surface area contributed by atoms with Gasteiger partial charge >= 0.3 is 0 Å². The summed E-state index contributed by atoms with van der Waals surface area (Å²) < 4.78 is 0. The first-order valence-corrected chi connectivity index (χ1v) is 7.88. The van der Waals surface area contributed by atoms with Crippen LogP contribution in [0.4, 0.5) is 0 Å². The molecule has 1 aromatic rings. The summed E-state index contributed by atoms with van der Waals surface area (Å²) in [5, 5.41) is 4.52. The number of rotatable bonds is 5. The van der Waals surface area contributed by atoms with Crippen molar-refractivity contribution in [3.8, 4) is 0 Å². The molecule has 0 radical (unpaired) electrons. The largest absolute Gasteiger partial charge is 0.316 e. The second-order valence-electron chi connectivity index (χ2n) is 7.17. The third-order valence-electron chi connectivity index (χ3n) is 4.86. The lowest BCUT2D eigenvalue weighted by Gasteiger charge is -2.50. The van der Waals surface area contributed by atoms with Crippen LogP contribution < -0.4 is 5.32 Å². The molecule has 2 fully saturated rings. The van der Waals surface area contributed by atoms with Crippen LogP contribution in [0.5, 0.6) is 0 Å². The van der Waals surface area contributed by atoms with E-state index in [0.29, 0.717) is 5.41 Å². The maximum absolute atomic E-state index is 6.02. The predicted molar refractivity (Wildman–Crippen MR) is 81.7 cm³/mol. The summed E-state index contributed by atoms with van der Waals surface area (Å²) in [4.78, 5) is 0. The van der Waals surface area contributed by atoms with Gasteiger partial charge in [0.2, 0.25) is 0 Å². The Balaban J connectivity index is 1.72. The Hall–Kier alpha value is -0.530. The zero-order valence-corrected chi connectivity index (χ0v) is 12.8. The summed E-state index contributed by atoms with van der Waals surface area (Å²) in [5.74, 6) is 0.720. The van der Waals surface area contributed by atoms with Gasteiger partial charge in [0.15, 0.2) is 0 Å². The van der Waals surface area contributed by atoms with Crippen molar-refractivity contribution >= 4 is 11.6 Å². The van der Waals surface area contributed by atoms with Crippen molar-refractivity contribution in [2.24, 2.45) is 11.3 Å². The Labute approximate surface area is 121 Å². The van der Waals surface area contributed by atoms with E-state index in [2.05, 4.69) is 31.3 Å². The van der Waals surface area contributed by atoms with E-state index in [4.69, 9.17) is 11.6 Å². The van der Waals surface area contributed by atoms with Gasteiger partial charge in [0.05, 0.1) is 0 Å². The lowest BCUT2D eigenvalue weighted by Crippen LogP contribution is -2.50. The molecule has 1 nitrogen and oxygen atoms in total. The Morgan fingerprint density at radius 1 is 1.16 bits per heavy atom. The zero-order chi connectivity index (χ0) is 13.5. The first kappa shape index (κ1) is 13.5. The number of hydrogen-bond acceptors (Lipinski definition) is 1. The van der Waals surface area contributed by atoms with Crippen molar-refractivity contribution < 1.29 is 0 Å². The van der Waals surface area contributed by atoms with Crippen LogP contribution in [0.15, 0.2) is 24.3 Å². The Kier molecular flexibility index (Phi) is 3.39. The number of halogens is 1. The van der Waals surface area contributed by atoms with Crippen LogP contribution >= 0.6 is 11.6 Å². The molecule has 1 aromatic carbocycles. The van der Waals surface area contributed by atoms with E-state index >= 15 is 0 Å². The second-order valence-corrected chi connectivity index (χ2v) is 7.60. The third-order valence-corrected chi connectivity index (χ3v) is 5.11. The van der Waals surface area contributed by atoms with E-state index < -0.39 is 0 Å². The molecule has 0 aromatic heterocycles. The van der Waals surface area contributed by atoms with E-state index in [1.165, 1.54) is 31.2 Å². The van der Waals surface area contributed by atoms with E-state index in [9.17, 15) is 0 Å². The van der Waals surface area contributed by atoms with E-state index in [0.717, 1.165) is 29.4 Å². The van der Waals surface area contributed by atoms with Crippen molar-refractivity contribution in [2.45, 2.75) is 44.9 Å². The Morgan fingerprint density at radius 3 is 2.32 bits per heavy atom. The van der Waals surface area contributed by atoms with E-state index in [-0.39, 0.29) is 0 Å². The Bertz CT molecular complexity index is 437. The van der Waals surface area contributed by atoms with Crippen LogP contribution in [0.2, 0.25) is 5.02 Å². The summed E-state index contributed by atoms with van der Waals surface area (Å²) in [5.41, 5.74) is 2.57. The molecule has 0 unspecified atom stereocenters. The lowest BCUT2D eigenvalue weighted by molar-refractivity contribution is 0.115. The van der Waals surface area contributed by atoms with Gasteiger partial charge in [0.1, 0.15) is 0 Å². The highest BCUT2D eigenvalue weighted by Crippen LogP contribution is 2.68. The molecule has 1 N–H and O–H groups in total. The van der Waals surface area contributed by atoms with Gasteiger partial charge in [-0.3, -0.25) is 0 Å². The van der Waals surface area contributed by atoms with Gasteiger partial charge in [-0.05, 0) is 61.3 Å². The number of hydrogen-bond donors (Lipinski definition) is 1. The predicted octanol–water partition coefficient (Wildman–Crippen LogP) is 4.40. The van der Waals surface area contributed by atoms with Gasteiger partial charge in [0, 0.05) is 17.0 Å². The van der Waals surface area contributed by atoms with E-state index in [1.807, 2.05) is 12.1 Å². The van der Waals surface area contributed by atoms with Gasteiger partial charge < -0.3 is 5.32 Å². The topological polar surface area (TPSA) is 12.0 Å². The van der Waals surface area contributed by atoms with Gasteiger partial charge in [-0.25, -0.2) is 0 Å². The fourth-order valence-corrected chi connectivity index (χ4v) is 3.87. The molecule has 0 bridgehead atoms. The SMILES string of the molecule is CC(C)CNCC1(c2ccc(Cl)cc2)CC2(CC2)C1. The van der Waals surface area contributed by atoms with E-state index in [1.54, 1.807) is 0 Å². The smallest absolute Gasteiger partial charge is 0.0406 e. The minimum atomic E-state index is 0.371. The van der Waals surface area contributed by atoms with Crippen LogP contribution in [0.25, 0.3) is 0 Å². The first-order chi connectivity index (χ1) is 9.04. The minimum Gasteiger partial charge on any atom is -0.316 e. The number of nitrogens with one attached hydrogen (secondary N) is 1. The molecule has 0 amide bonds. The number of benzene rings is 1. The standard InChI is InChI=1S/C17H24ClN/c1-13(2)9-19-12-17(10-16(11-17)7-8-16)14-3-5-15(18)6-4-14/h3-6,13,19H,7-12H2,1-2H3. The zero-order valence-electron chi connectivity index (χ0n) is 12.0. The molecule has 0 atom stereocenters. The first-order valence-electron chi connectivity index (χ1n) is 7.51. The van der Waals surface area contributed by atoms with Gasteiger partial charge in [-0.1, -0.05) is 37.6 Å².